The molecule has 0 aliphatic heterocycles. The van der Waals surface area contributed by atoms with E-state index in [1.807, 2.05) is 61.5 Å². The van der Waals surface area contributed by atoms with Crippen LogP contribution in [-0.4, -0.2) is 24.0 Å². The van der Waals surface area contributed by atoms with E-state index in [2.05, 4.69) is 15.6 Å². The molecular formula is C20H21N3O2S. The molecule has 0 bridgehead atoms. The molecule has 2 N–H and O–H groups in total. The average molecular weight is 367 g/mol. The van der Waals surface area contributed by atoms with E-state index in [-0.39, 0.29) is 5.91 Å². The van der Waals surface area contributed by atoms with Crippen LogP contribution in [0.2, 0.25) is 0 Å². The summed E-state index contributed by atoms with van der Waals surface area (Å²) in [4.78, 5) is 16.6. The minimum absolute atomic E-state index is 0.156. The van der Waals surface area contributed by atoms with Crippen LogP contribution >= 0.6 is 11.3 Å². The predicted octanol–water partition coefficient (Wildman–Crippen LogP) is 4.26. The van der Waals surface area contributed by atoms with Crippen molar-refractivity contribution in [2.75, 3.05) is 18.5 Å². The van der Waals surface area contributed by atoms with Crippen LogP contribution in [0.25, 0.3) is 0 Å². The third kappa shape index (κ3) is 5.07. The standard InChI is InChI=1S/C20H21N3O2S/c1-2-25-17-10-8-16(9-11-17)22-20-23-18(14-26-20)19(24)21-13-12-15-6-4-3-5-7-15/h3-11,14H,2,12-13H2,1H3,(H,21,24)(H,22,23). The third-order valence-electron chi connectivity index (χ3n) is 3.70. The monoisotopic (exact) mass is 367 g/mol. The Kier molecular flexibility index (Phi) is 6.22. The van der Waals surface area contributed by atoms with Crippen molar-refractivity contribution in [1.29, 1.82) is 0 Å². The molecule has 2 aromatic carbocycles. The van der Waals surface area contributed by atoms with Gasteiger partial charge in [0.15, 0.2) is 5.13 Å². The van der Waals surface area contributed by atoms with E-state index in [0.717, 1.165) is 17.9 Å². The molecule has 3 rings (SSSR count). The molecule has 0 saturated carbocycles. The predicted molar refractivity (Wildman–Crippen MR) is 105 cm³/mol. The topological polar surface area (TPSA) is 63.2 Å². The summed E-state index contributed by atoms with van der Waals surface area (Å²) in [6.45, 7) is 3.18. The lowest BCUT2D eigenvalue weighted by Crippen LogP contribution is -2.25. The van der Waals surface area contributed by atoms with E-state index >= 15 is 0 Å². The van der Waals surface area contributed by atoms with Crippen LogP contribution in [0.1, 0.15) is 23.0 Å². The number of carbonyl (C=O) groups excluding carboxylic acids is 1. The lowest BCUT2D eigenvalue weighted by atomic mass is 10.1. The smallest absolute Gasteiger partial charge is 0.270 e. The second-order valence-corrected chi connectivity index (χ2v) is 6.47. The van der Waals surface area contributed by atoms with E-state index in [9.17, 15) is 4.79 Å². The summed E-state index contributed by atoms with van der Waals surface area (Å²) >= 11 is 1.40. The van der Waals surface area contributed by atoms with Gasteiger partial charge in [0.1, 0.15) is 11.4 Å². The number of aromatic nitrogens is 1. The molecule has 0 fully saturated rings. The number of amides is 1. The number of hydrogen-bond acceptors (Lipinski definition) is 5. The number of carbonyl (C=O) groups is 1. The summed E-state index contributed by atoms with van der Waals surface area (Å²) in [6, 6.07) is 17.7. The highest BCUT2D eigenvalue weighted by Crippen LogP contribution is 2.23. The number of hydrogen-bond donors (Lipinski definition) is 2. The number of rotatable bonds is 8. The Morgan fingerprint density at radius 1 is 1.12 bits per heavy atom. The zero-order valence-corrected chi connectivity index (χ0v) is 15.4. The molecular weight excluding hydrogens is 346 g/mol. The van der Waals surface area contributed by atoms with Gasteiger partial charge in [-0.2, -0.15) is 0 Å². The SMILES string of the molecule is CCOc1ccc(Nc2nc(C(=O)NCCc3ccccc3)cs2)cc1. The van der Waals surface area contributed by atoms with Crippen LogP contribution in [0.4, 0.5) is 10.8 Å². The van der Waals surface area contributed by atoms with Gasteiger partial charge in [-0.25, -0.2) is 4.98 Å². The van der Waals surface area contributed by atoms with Gasteiger partial charge in [0, 0.05) is 17.6 Å². The van der Waals surface area contributed by atoms with Crippen LogP contribution in [0.3, 0.4) is 0 Å². The summed E-state index contributed by atoms with van der Waals surface area (Å²) < 4.78 is 5.42. The third-order valence-corrected chi connectivity index (χ3v) is 4.45. The number of nitrogens with zero attached hydrogens (tertiary/aromatic N) is 1. The van der Waals surface area contributed by atoms with Crippen LogP contribution in [0.15, 0.2) is 60.0 Å². The molecule has 134 valence electrons. The van der Waals surface area contributed by atoms with Gasteiger partial charge >= 0.3 is 0 Å². The molecule has 6 heteroatoms. The fourth-order valence-electron chi connectivity index (χ4n) is 2.42. The first-order chi connectivity index (χ1) is 12.7. The second-order valence-electron chi connectivity index (χ2n) is 5.61. The van der Waals surface area contributed by atoms with Crippen molar-refractivity contribution >= 4 is 28.1 Å². The Morgan fingerprint density at radius 2 is 1.88 bits per heavy atom. The highest BCUT2D eigenvalue weighted by atomic mass is 32.1. The maximum atomic E-state index is 12.2. The first kappa shape index (κ1) is 17.9. The number of ether oxygens (including phenoxy) is 1. The van der Waals surface area contributed by atoms with Crippen molar-refractivity contribution in [3.63, 3.8) is 0 Å². The van der Waals surface area contributed by atoms with Crippen LogP contribution in [0.5, 0.6) is 5.75 Å². The fraction of sp³-hybridized carbons (Fsp3) is 0.200. The number of nitrogens with one attached hydrogen (secondary N) is 2. The summed E-state index contributed by atoms with van der Waals surface area (Å²) in [5.74, 6) is 0.674. The first-order valence-corrected chi connectivity index (χ1v) is 9.40. The van der Waals surface area contributed by atoms with Crippen molar-refractivity contribution in [1.82, 2.24) is 10.3 Å². The largest absolute Gasteiger partial charge is 0.494 e. The van der Waals surface area contributed by atoms with Crippen LogP contribution in [0, 0.1) is 0 Å². The zero-order valence-electron chi connectivity index (χ0n) is 14.6. The molecule has 0 aliphatic rings. The molecule has 5 nitrogen and oxygen atoms in total. The van der Waals surface area contributed by atoms with Gasteiger partial charge in [0.25, 0.3) is 5.91 Å². The van der Waals surface area contributed by atoms with E-state index < -0.39 is 0 Å². The average Bonchev–Trinajstić information content (AvgIpc) is 3.13. The molecule has 0 unspecified atom stereocenters. The van der Waals surface area contributed by atoms with Gasteiger partial charge in [0.05, 0.1) is 6.61 Å². The van der Waals surface area contributed by atoms with Gasteiger partial charge in [-0.3, -0.25) is 4.79 Å². The van der Waals surface area contributed by atoms with Crippen molar-refractivity contribution in [3.05, 3.63) is 71.2 Å². The zero-order chi connectivity index (χ0) is 18.2. The summed E-state index contributed by atoms with van der Waals surface area (Å²) in [7, 11) is 0. The van der Waals surface area contributed by atoms with E-state index in [1.54, 1.807) is 5.38 Å². The van der Waals surface area contributed by atoms with Gasteiger partial charge in [0.2, 0.25) is 0 Å². The van der Waals surface area contributed by atoms with Crippen molar-refractivity contribution in [3.8, 4) is 5.75 Å². The van der Waals surface area contributed by atoms with Crippen molar-refractivity contribution in [2.45, 2.75) is 13.3 Å². The normalized spacial score (nSPS) is 10.3. The maximum Gasteiger partial charge on any atom is 0.270 e. The second kappa shape index (κ2) is 9.01. The first-order valence-electron chi connectivity index (χ1n) is 8.52. The number of thiazole rings is 1. The Balaban J connectivity index is 1.51. The summed E-state index contributed by atoms with van der Waals surface area (Å²) in [5.41, 5.74) is 2.53. The molecule has 0 radical (unpaired) electrons. The molecule has 0 spiro atoms. The van der Waals surface area contributed by atoms with Gasteiger partial charge in [-0.05, 0) is 43.2 Å². The van der Waals surface area contributed by atoms with Crippen LogP contribution in [-0.2, 0) is 6.42 Å². The fourth-order valence-corrected chi connectivity index (χ4v) is 3.13. The summed E-state index contributed by atoms with van der Waals surface area (Å²) in [5, 5.41) is 8.55. The minimum Gasteiger partial charge on any atom is -0.494 e. The Labute approximate surface area is 157 Å². The van der Waals surface area contributed by atoms with Gasteiger partial charge in [-0.1, -0.05) is 30.3 Å². The molecule has 0 aliphatic carbocycles. The summed E-state index contributed by atoms with van der Waals surface area (Å²) in [6.07, 6.45) is 0.800. The quantitative estimate of drug-likeness (QED) is 0.624. The highest BCUT2D eigenvalue weighted by molar-refractivity contribution is 7.14. The lowest BCUT2D eigenvalue weighted by Gasteiger charge is -2.05. The van der Waals surface area contributed by atoms with Crippen molar-refractivity contribution < 1.29 is 9.53 Å². The highest BCUT2D eigenvalue weighted by Gasteiger charge is 2.10. The minimum atomic E-state index is -0.156. The number of benzene rings is 2. The van der Waals surface area contributed by atoms with E-state index in [0.29, 0.717) is 24.0 Å². The Hall–Kier alpha value is -2.86. The molecule has 1 heterocycles. The molecule has 1 aromatic heterocycles. The molecule has 0 saturated heterocycles. The Bertz CT molecular complexity index is 832. The van der Waals surface area contributed by atoms with Gasteiger partial charge < -0.3 is 15.4 Å². The van der Waals surface area contributed by atoms with Gasteiger partial charge in [-0.15, -0.1) is 11.3 Å². The Morgan fingerprint density at radius 3 is 2.62 bits per heavy atom. The number of anilines is 2. The molecule has 3 aromatic rings. The molecule has 26 heavy (non-hydrogen) atoms. The van der Waals surface area contributed by atoms with E-state index in [1.165, 1.54) is 16.9 Å². The molecule has 0 atom stereocenters. The van der Waals surface area contributed by atoms with E-state index in [4.69, 9.17) is 4.74 Å². The maximum absolute atomic E-state index is 12.2. The molecule has 1 amide bonds. The van der Waals surface area contributed by atoms with Crippen molar-refractivity contribution in [2.24, 2.45) is 0 Å². The van der Waals surface area contributed by atoms with Crippen LogP contribution < -0.4 is 15.4 Å². The lowest BCUT2D eigenvalue weighted by molar-refractivity contribution is 0.0950.